The predicted octanol–water partition coefficient (Wildman–Crippen LogP) is 4.17. The van der Waals surface area contributed by atoms with E-state index in [1.165, 1.54) is 6.08 Å². The number of benzene rings is 1. The minimum Gasteiger partial charge on any atom is -0.398 e. The lowest BCUT2D eigenvalue weighted by Crippen LogP contribution is -2.41. The van der Waals surface area contributed by atoms with Gasteiger partial charge in [0.05, 0.1) is 23.1 Å². The summed E-state index contributed by atoms with van der Waals surface area (Å²) in [6.45, 7) is 9.43. The van der Waals surface area contributed by atoms with E-state index in [9.17, 15) is 4.39 Å². The molecule has 0 atom stereocenters. The number of rotatable bonds is 3. The van der Waals surface area contributed by atoms with Crippen LogP contribution in [0.1, 0.15) is 39.0 Å². The summed E-state index contributed by atoms with van der Waals surface area (Å²) in [5.74, 6) is 0. The Morgan fingerprint density at radius 1 is 1.24 bits per heavy atom. The molecule has 0 spiro atoms. The van der Waals surface area contributed by atoms with E-state index in [-0.39, 0.29) is 0 Å². The summed E-state index contributed by atoms with van der Waals surface area (Å²) < 4.78 is 27.5. The summed E-state index contributed by atoms with van der Waals surface area (Å²) in [4.78, 5) is 0. The third kappa shape index (κ3) is 3.49. The topological polar surface area (TPSA) is 49.2 Å². The van der Waals surface area contributed by atoms with Crippen molar-refractivity contribution in [3.63, 3.8) is 0 Å². The maximum absolute atomic E-state index is 14.5. The molecular weight excluding hydrogens is 343 g/mol. The van der Waals surface area contributed by atoms with Crippen LogP contribution in [0.15, 0.2) is 30.1 Å². The minimum absolute atomic E-state index is 0.367. The standard InChI is InChI=1S/C17H20BClFN3O2/c1-11-6-7-12(19)8-14(11)23-10-13(21-22-23)9-15(20)18-24-16(2,3)17(4,5)25-18/h6-10H,1-5H3. The SMILES string of the molecule is Cc1ccc(Cl)cc1-n1cc(C=C(F)B2OC(C)(C)C(C)(C)O2)nn1. The minimum atomic E-state index is -1.05. The molecule has 1 aromatic heterocycles. The third-order valence-electron chi connectivity index (χ3n) is 4.69. The van der Waals surface area contributed by atoms with E-state index >= 15 is 0 Å². The average Bonchev–Trinajstić information content (AvgIpc) is 3.04. The van der Waals surface area contributed by atoms with Crippen LogP contribution >= 0.6 is 11.6 Å². The largest absolute Gasteiger partial charge is 0.525 e. The van der Waals surface area contributed by atoms with Crippen molar-refractivity contribution in [1.82, 2.24) is 15.0 Å². The zero-order chi connectivity index (χ0) is 18.4. The van der Waals surface area contributed by atoms with Gasteiger partial charge in [-0.2, -0.15) is 0 Å². The van der Waals surface area contributed by atoms with Crippen molar-refractivity contribution in [3.05, 3.63) is 46.4 Å². The molecule has 0 radical (unpaired) electrons. The Hall–Kier alpha value is -1.70. The maximum atomic E-state index is 14.5. The van der Waals surface area contributed by atoms with Crippen LogP contribution in [0.4, 0.5) is 4.39 Å². The summed E-state index contributed by atoms with van der Waals surface area (Å²) in [5, 5.41) is 8.62. The summed E-state index contributed by atoms with van der Waals surface area (Å²) in [5.41, 5.74) is 0.392. The van der Waals surface area contributed by atoms with Crippen LogP contribution in [0.5, 0.6) is 0 Å². The Bertz CT molecular complexity index is 819. The van der Waals surface area contributed by atoms with Gasteiger partial charge in [0.2, 0.25) is 0 Å². The molecule has 1 aliphatic rings. The molecule has 1 aromatic carbocycles. The first-order chi connectivity index (χ1) is 11.6. The Labute approximate surface area is 151 Å². The molecule has 132 valence electrons. The van der Waals surface area contributed by atoms with Gasteiger partial charge in [0.15, 0.2) is 0 Å². The highest BCUT2D eigenvalue weighted by atomic mass is 35.5. The van der Waals surface area contributed by atoms with Gasteiger partial charge in [0.25, 0.3) is 0 Å². The van der Waals surface area contributed by atoms with Crippen molar-refractivity contribution >= 4 is 24.8 Å². The first-order valence-corrected chi connectivity index (χ1v) is 8.38. The molecule has 0 aliphatic carbocycles. The fourth-order valence-electron chi connectivity index (χ4n) is 2.45. The van der Waals surface area contributed by atoms with Crippen molar-refractivity contribution in [2.75, 3.05) is 0 Å². The van der Waals surface area contributed by atoms with Crippen LogP contribution in [-0.4, -0.2) is 33.3 Å². The predicted molar refractivity (Wildman–Crippen MR) is 96.3 cm³/mol. The van der Waals surface area contributed by atoms with Gasteiger partial charge in [-0.25, -0.2) is 9.07 Å². The van der Waals surface area contributed by atoms with Gasteiger partial charge in [0.1, 0.15) is 11.4 Å². The third-order valence-corrected chi connectivity index (χ3v) is 4.93. The van der Waals surface area contributed by atoms with E-state index in [1.807, 2.05) is 40.7 Å². The van der Waals surface area contributed by atoms with Gasteiger partial charge in [-0.3, -0.25) is 0 Å². The molecule has 2 heterocycles. The van der Waals surface area contributed by atoms with Gasteiger partial charge < -0.3 is 9.31 Å². The molecule has 8 heteroatoms. The number of hydrogen-bond donors (Lipinski definition) is 0. The Morgan fingerprint density at radius 3 is 2.52 bits per heavy atom. The molecule has 1 aliphatic heterocycles. The van der Waals surface area contributed by atoms with Crippen LogP contribution in [-0.2, 0) is 9.31 Å². The molecular formula is C17H20BClFN3O2. The molecule has 0 saturated carbocycles. The van der Waals surface area contributed by atoms with E-state index < -0.39 is 24.0 Å². The average molecular weight is 364 g/mol. The van der Waals surface area contributed by atoms with Crippen molar-refractivity contribution in [1.29, 1.82) is 0 Å². The summed E-state index contributed by atoms with van der Waals surface area (Å²) in [6, 6.07) is 5.47. The number of halogens is 2. The van der Waals surface area contributed by atoms with Crippen LogP contribution in [0.25, 0.3) is 11.8 Å². The molecule has 0 unspecified atom stereocenters. The fraction of sp³-hybridized carbons (Fsp3) is 0.412. The van der Waals surface area contributed by atoms with Gasteiger partial charge in [-0.05, 0) is 58.4 Å². The van der Waals surface area contributed by atoms with Crippen molar-refractivity contribution < 1.29 is 13.7 Å². The molecule has 25 heavy (non-hydrogen) atoms. The maximum Gasteiger partial charge on any atom is 0.525 e. The lowest BCUT2D eigenvalue weighted by molar-refractivity contribution is 0.00578. The van der Waals surface area contributed by atoms with Gasteiger partial charge in [0, 0.05) is 5.02 Å². The van der Waals surface area contributed by atoms with Crippen LogP contribution < -0.4 is 0 Å². The fourth-order valence-corrected chi connectivity index (χ4v) is 2.62. The van der Waals surface area contributed by atoms with Crippen LogP contribution in [0.3, 0.4) is 0 Å². The highest BCUT2D eigenvalue weighted by molar-refractivity contribution is 6.54. The molecule has 0 bridgehead atoms. The second-order valence-corrected chi connectivity index (χ2v) is 7.57. The molecule has 0 amide bonds. The van der Waals surface area contributed by atoms with E-state index in [4.69, 9.17) is 20.9 Å². The highest BCUT2D eigenvalue weighted by Crippen LogP contribution is 2.39. The lowest BCUT2D eigenvalue weighted by atomic mass is 9.87. The van der Waals surface area contributed by atoms with Crippen molar-refractivity contribution in [2.24, 2.45) is 0 Å². The Kier molecular flexibility index (Phi) is 4.51. The van der Waals surface area contributed by atoms with E-state index in [1.54, 1.807) is 23.0 Å². The normalized spacial score (nSPS) is 19.5. The van der Waals surface area contributed by atoms with Crippen molar-refractivity contribution in [2.45, 2.75) is 45.8 Å². The lowest BCUT2D eigenvalue weighted by Gasteiger charge is -2.32. The Balaban J connectivity index is 1.84. The monoisotopic (exact) mass is 363 g/mol. The molecule has 1 fully saturated rings. The first-order valence-electron chi connectivity index (χ1n) is 8.01. The smallest absolute Gasteiger partial charge is 0.398 e. The van der Waals surface area contributed by atoms with Gasteiger partial charge in [-0.1, -0.05) is 22.9 Å². The highest BCUT2D eigenvalue weighted by Gasteiger charge is 2.53. The molecule has 0 N–H and O–H groups in total. The second kappa shape index (κ2) is 6.23. The van der Waals surface area contributed by atoms with Crippen molar-refractivity contribution in [3.8, 4) is 5.69 Å². The first kappa shape index (κ1) is 18.1. The summed E-state index contributed by atoms with van der Waals surface area (Å²) in [6.07, 6.45) is 2.90. The van der Waals surface area contributed by atoms with Crippen LogP contribution in [0, 0.1) is 6.92 Å². The molecule has 1 saturated heterocycles. The van der Waals surface area contributed by atoms with Gasteiger partial charge >= 0.3 is 7.12 Å². The van der Waals surface area contributed by atoms with Crippen LogP contribution in [0.2, 0.25) is 5.02 Å². The quantitative estimate of drug-likeness (QED) is 0.768. The molecule has 3 rings (SSSR count). The summed E-state index contributed by atoms with van der Waals surface area (Å²) in [7, 11) is -1.05. The number of hydrogen-bond acceptors (Lipinski definition) is 4. The Morgan fingerprint density at radius 2 is 1.88 bits per heavy atom. The number of aromatic nitrogens is 3. The zero-order valence-corrected chi connectivity index (χ0v) is 15.6. The van der Waals surface area contributed by atoms with E-state index in [2.05, 4.69) is 10.3 Å². The molecule has 2 aromatic rings. The second-order valence-electron chi connectivity index (χ2n) is 7.14. The molecule has 5 nitrogen and oxygen atoms in total. The number of nitrogens with zero attached hydrogens (tertiary/aromatic N) is 3. The number of aryl methyl sites for hydroxylation is 1. The van der Waals surface area contributed by atoms with Gasteiger partial charge in [-0.15, -0.1) is 5.10 Å². The van der Waals surface area contributed by atoms with E-state index in [0.717, 1.165) is 11.3 Å². The zero-order valence-electron chi connectivity index (χ0n) is 14.9. The van der Waals surface area contributed by atoms with E-state index in [0.29, 0.717) is 10.7 Å². The summed E-state index contributed by atoms with van der Waals surface area (Å²) >= 11 is 6.03.